The summed E-state index contributed by atoms with van der Waals surface area (Å²) in [5, 5.41) is 16.2. The Kier molecular flexibility index (Phi) is 9.69. The van der Waals surface area contributed by atoms with Gasteiger partial charge in [-0.05, 0) is 42.5 Å². The molecule has 0 spiro atoms. The standard InChI is InChI=1S/C24H17Cl4N3O5S/c1-11(32)29-12-5-7-13(8-6-12)30-16(33)10-37-15-4-2-3-14(9-15)31-23(34)17-18(24(35)36)20(26)22(28)21(27)19(17)25/h2-9H,10H2,1H3,(H,29,32)(H,30,33)(H,31,34)(H,35,36). The molecule has 4 N–H and O–H groups in total. The topological polar surface area (TPSA) is 125 Å². The second-order valence-electron chi connectivity index (χ2n) is 7.39. The van der Waals surface area contributed by atoms with Crippen molar-refractivity contribution in [3.63, 3.8) is 0 Å². The minimum Gasteiger partial charge on any atom is -0.478 e. The van der Waals surface area contributed by atoms with Crippen molar-refractivity contribution in [2.45, 2.75) is 11.8 Å². The molecule has 0 aromatic heterocycles. The van der Waals surface area contributed by atoms with Gasteiger partial charge in [0.2, 0.25) is 11.8 Å². The van der Waals surface area contributed by atoms with Gasteiger partial charge in [-0.2, -0.15) is 0 Å². The molecule has 0 saturated heterocycles. The van der Waals surface area contributed by atoms with Crippen LogP contribution in [-0.4, -0.2) is 34.6 Å². The molecule has 3 amide bonds. The van der Waals surface area contributed by atoms with Crippen molar-refractivity contribution in [3.05, 3.63) is 79.7 Å². The molecule has 0 bridgehead atoms. The van der Waals surface area contributed by atoms with Crippen LogP contribution in [-0.2, 0) is 9.59 Å². The molecule has 0 saturated carbocycles. The lowest BCUT2D eigenvalue weighted by molar-refractivity contribution is -0.114. The Balaban J connectivity index is 1.68. The Morgan fingerprint density at radius 1 is 0.757 bits per heavy atom. The Labute approximate surface area is 235 Å². The number of hydrogen-bond donors (Lipinski definition) is 4. The minimum absolute atomic E-state index is 0.0717. The number of rotatable bonds is 8. The van der Waals surface area contributed by atoms with E-state index in [-0.39, 0.29) is 32.6 Å². The van der Waals surface area contributed by atoms with Crippen molar-refractivity contribution in [2.24, 2.45) is 0 Å². The number of aromatic carboxylic acids is 1. The van der Waals surface area contributed by atoms with Crippen LogP contribution in [0.25, 0.3) is 0 Å². The van der Waals surface area contributed by atoms with Crippen LogP contribution in [0.2, 0.25) is 20.1 Å². The molecule has 0 aliphatic carbocycles. The number of hydrogen-bond acceptors (Lipinski definition) is 5. The van der Waals surface area contributed by atoms with Crippen molar-refractivity contribution in [2.75, 3.05) is 21.7 Å². The normalized spacial score (nSPS) is 10.5. The Morgan fingerprint density at radius 2 is 1.32 bits per heavy atom. The molecule has 0 aliphatic heterocycles. The van der Waals surface area contributed by atoms with E-state index < -0.39 is 28.0 Å². The molecular formula is C24H17Cl4N3O5S. The van der Waals surface area contributed by atoms with Crippen molar-refractivity contribution in [1.82, 2.24) is 0 Å². The van der Waals surface area contributed by atoms with Gasteiger partial charge in [0.15, 0.2) is 0 Å². The van der Waals surface area contributed by atoms with Crippen LogP contribution in [0.15, 0.2) is 53.4 Å². The first-order valence-corrected chi connectivity index (χ1v) is 12.8. The van der Waals surface area contributed by atoms with Gasteiger partial charge in [-0.25, -0.2) is 4.79 Å². The number of carbonyl (C=O) groups is 4. The average molecular weight is 601 g/mol. The maximum absolute atomic E-state index is 12.9. The van der Waals surface area contributed by atoms with Crippen molar-refractivity contribution in [1.29, 1.82) is 0 Å². The summed E-state index contributed by atoms with van der Waals surface area (Å²) in [4.78, 5) is 48.8. The third-order valence-electron chi connectivity index (χ3n) is 4.66. The maximum atomic E-state index is 12.9. The zero-order valence-corrected chi connectivity index (χ0v) is 22.7. The summed E-state index contributed by atoms with van der Waals surface area (Å²) in [5.74, 6) is -2.75. The van der Waals surface area contributed by atoms with Crippen molar-refractivity contribution in [3.8, 4) is 0 Å². The van der Waals surface area contributed by atoms with Crippen LogP contribution < -0.4 is 16.0 Å². The van der Waals surface area contributed by atoms with E-state index in [1.54, 1.807) is 48.5 Å². The van der Waals surface area contributed by atoms with Crippen LogP contribution in [0.5, 0.6) is 0 Å². The van der Waals surface area contributed by atoms with Crippen LogP contribution in [0.3, 0.4) is 0 Å². The second-order valence-corrected chi connectivity index (χ2v) is 9.95. The summed E-state index contributed by atoms with van der Waals surface area (Å²) < 4.78 is 0. The van der Waals surface area contributed by atoms with Crippen molar-refractivity contribution < 1.29 is 24.3 Å². The molecule has 3 rings (SSSR count). The third-order valence-corrected chi connectivity index (χ3v) is 7.45. The predicted octanol–water partition coefficient (Wildman–Crippen LogP) is 6.94. The Hall–Kier alpha value is -2.95. The fraction of sp³-hybridized carbons (Fsp3) is 0.0833. The molecule has 0 unspecified atom stereocenters. The minimum atomic E-state index is -1.50. The van der Waals surface area contributed by atoms with E-state index in [9.17, 15) is 24.3 Å². The van der Waals surface area contributed by atoms with E-state index in [1.807, 2.05) is 0 Å². The molecule has 3 aromatic rings. The van der Waals surface area contributed by atoms with E-state index in [0.717, 1.165) is 0 Å². The zero-order valence-electron chi connectivity index (χ0n) is 18.8. The quantitative estimate of drug-likeness (QED) is 0.126. The fourth-order valence-corrected chi connectivity index (χ4v) is 4.86. The summed E-state index contributed by atoms with van der Waals surface area (Å²) in [6.45, 7) is 1.40. The molecular weight excluding hydrogens is 584 g/mol. The van der Waals surface area contributed by atoms with Gasteiger partial charge < -0.3 is 21.1 Å². The number of amides is 3. The highest BCUT2D eigenvalue weighted by Crippen LogP contribution is 2.42. The molecule has 0 atom stereocenters. The number of carboxylic acids is 1. The van der Waals surface area contributed by atoms with Gasteiger partial charge in [-0.15, -0.1) is 11.8 Å². The second kappa shape index (κ2) is 12.5. The highest BCUT2D eigenvalue weighted by atomic mass is 35.5. The summed E-state index contributed by atoms with van der Waals surface area (Å²) in [6.07, 6.45) is 0. The average Bonchev–Trinajstić information content (AvgIpc) is 2.84. The SMILES string of the molecule is CC(=O)Nc1ccc(NC(=O)CSc2cccc(NC(=O)c3c(Cl)c(Cl)c(Cl)c(Cl)c3C(=O)O)c2)cc1. The lowest BCUT2D eigenvalue weighted by Crippen LogP contribution is -2.18. The van der Waals surface area contributed by atoms with E-state index in [4.69, 9.17) is 46.4 Å². The maximum Gasteiger partial charge on any atom is 0.338 e. The lowest BCUT2D eigenvalue weighted by atomic mass is 10.1. The van der Waals surface area contributed by atoms with E-state index >= 15 is 0 Å². The van der Waals surface area contributed by atoms with Gasteiger partial charge in [0.25, 0.3) is 5.91 Å². The van der Waals surface area contributed by atoms with Crippen LogP contribution in [0, 0.1) is 0 Å². The van der Waals surface area contributed by atoms with Gasteiger partial charge in [-0.3, -0.25) is 14.4 Å². The highest BCUT2D eigenvalue weighted by Gasteiger charge is 2.29. The number of carbonyl (C=O) groups excluding carboxylic acids is 3. The van der Waals surface area contributed by atoms with Crippen molar-refractivity contribution >= 4 is 98.9 Å². The van der Waals surface area contributed by atoms with Crippen LogP contribution >= 0.6 is 58.2 Å². The molecule has 13 heteroatoms. The number of nitrogens with one attached hydrogen (secondary N) is 3. The summed E-state index contributed by atoms with van der Waals surface area (Å²) in [5.41, 5.74) is 0.478. The Morgan fingerprint density at radius 3 is 1.89 bits per heavy atom. The zero-order chi connectivity index (χ0) is 27.3. The van der Waals surface area contributed by atoms with Gasteiger partial charge in [0.05, 0.1) is 37.0 Å². The summed E-state index contributed by atoms with van der Waals surface area (Å²) in [7, 11) is 0. The van der Waals surface area contributed by atoms with E-state index in [0.29, 0.717) is 22.0 Å². The molecule has 8 nitrogen and oxygen atoms in total. The first-order valence-electron chi connectivity index (χ1n) is 10.3. The third kappa shape index (κ3) is 7.30. The molecule has 37 heavy (non-hydrogen) atoms. The predicted molar refractivity (Wildman–Crippen MR) is 148 cm³/mol. The molecule has 0 fully saturated rings. The fourth-order valence-electron chi connectivity index (χ4n) is 3.09. The first kappa shape index (κ1) is 28.6. The number of halogens is 4. The molecule has 192 valence electrons. The smallest absolute Gasteiger partial charge is 0.338 e. The molecule has 0 aliphatic rings. The number of anilines is 3. The molecule has 0 radical (unpaired) electrons. The largest absolute Gasteiger partial charge is 0.478 e. The van der Waals surface area contributed by atoms with Crippen LogP contribution in [0.1, 0.15) is 27.6 Å². The van der Waals surface area contributed by atoms with Crippen LogP contribution in [0.4, 0.5) is 17.1 Å². The summed E-state index contributed by atoms with van der Waals surface area (Å²) >= 11 is 25.3. The number of thioether (sulfide) groups is 1. The van der Waals surface area contributed by atoms with Gasteiger partial charge in [0, 0.05) is 28.9 Å². The van der Waals surface area contributed by atoms with Gasteiger partial charge in [0.1, 0.15) is 0 Å². The number of benzene rings is 3. The first-order chi connectivity index (χ1) is 17.5. The van der Waals surface area contributed by atoms with E-state index in [1.165, 1.54) is 18.7 Å². The van der Waals surface area contributed by atoms with Gasteiger partial charge >= 0.3 is 5.97 Å². The highest BCUT2D eigenvalue weighted by molar-refractivity contribution is 8.00. The number of carboxylic acid groups (broad SMARTS) is 1. The van der Waals surface area contributed by atoms with Gasteiger partial charge in [-0.1, -0.05) is 52.5 Å². The molecule has 0 heterocycles. The lowest BCUT2D eigenvalue weighted by Gasteiger charge is -2.14. The summed E-state index contributed by atoms with van der Waals surface area (Å²) in [6, 6.07) is 13.2. The van der Waals surface area contributed by atoms with E-state index in [2.05, 4.69) is 16.0 Å². The molecule has 3 aromatic carbocycles. The monoisotopic (exact) mass is 599 g/mol. The Bertz CT molecular complexity index is 1400.